The first kappa shape index (κ1) is 15.7. The third kappa shape index (κ3) is 2.94. The average Bonchev–Trinajstić information content (AvgIpc) is 3.01. The Bertz CT molecular complexity index is 800. The maximum absolute atomic E-state index is 10.9. The first-order valence-corrected chi connectivity index (χ1v) is 10.3. The van der Waals surface area contributed by atoms with E-state index in [4.69, 9.17) is 5.11 Å². The maximum atomic E-state index is 10.9. The van der Waals surface area contributed by atoms with E-state index < -0.39 is 5.97 Å². The number of likely N-dealkylation sites (tertiary alicyclic amines) is 1. The van der Waals surface area contributed by atoms with Crippen LogP contribution in [0.3, 0.4) is 0 Å². The number of rotatable bonds is 4. The van der Waals surface area contributed by atoms with Crippen LogP contribution in [0.4, 0.5) is 0 Å². The van der Waals surface area contributed by atoms with Gasteiger partial charge in [0.25, 0.3) is 0 Å². The molecule has 0 spiro atoms. The second-order valence-corrected chi connectivity index (χ2v) is 9.17. The molecule has 1 saturated heterocycles. The van der Waals surface area contributed by atoms with Crippen molar-refractivity contribution in [3.63, 3.8) is 0 Å². The first-order chi connectivity index (χ1) is 11.7. The van der Waals surface area contributed by atoms with Gasteiger partial charge in [0.1, 0.15) is 0 Å². The van der Waals surface area contributed by atoms with Gasteiger partial charge in [0.05, 0.1) is 0 Å². The molecule has 2 aromatic carbocycles. The summed E-state index contributed by atoms with van der Waals surface area (Å²) in [7, 11) is 0. The zero-order valence-electron chi connectivity index (χ0n) is 13.4. The van der Waals surface area contributed by atoms with Crippen LogP contribution in [0.5, 0.6) is 0 Å². The molecule has 0 aromatic heterocycles. The molecule has 121 valence electrons. The van der Waals surface area contributed by atoms with E-state index in [1.54, 1.807) is 0 Å². The Labute approximate surface area is 148 Å². The molecule has 4 rings (SSSR count). The van der Waals surface area contributed by atoms with E-state index in [9.17, 15) is 4.79 Å². The minimum atomic E-state index is -0.710. The topological polar surface area (TPSA) is 40.5 Å². The van der Waals surface area contributed by atoms with Gasteiger partial charge in [0.2, 0.25) is 0 Å². The molecule has 1 unspecified atom stereocenters. The van der Waals surface area contributed by atoms with Gasteiger partial charge in [-0.1, -0.05) is 0 Å². The SMILES string of the molecule is O=C(O)CCN1CC2=C(c3ccccc3)c3ccccc3[As]C2C1. The van der Waals surface area contributed by atoms with E-state index in [1.807, 2.05) is 0 Å². The fourth-order valence-corrected chi connectivity index (χ4v) is 6.81. The molecule has 0 aliphatic carbocycles. The number of nitrogens with zero attached hydrogens (tertiary/aromatic N) is 1. The molecule has 0 amide bonds. The van der Waals surface area contributed by atoms with Crippen LogP contribution in [-0.4, -0.2) is 51.4 Å². The standard InChI is InChI=1S/C20H19AsNO2/c23-19(24)10-11-22-12-16-18(13-22)21-17-9-5-4-8-15(17)20(16)14-6-2-1-3-7-14/h1-9,18H,10-13H2,(H,23,24). The van der Waals surface area contributed by atoms with Gasteiger partial charge in [-0.3, -0.25) is 0 Å². The Morgan fingerprint density at radius 2 is 1.88 bits per heavy atom. The number of carboxylic acid groups (broad SMARTS) is 1. The van der Waals surface area contributed by atoms with Crippen LogP contribution in [0.2, 0.25) is 4.71 Å². The average molecular weight is 380 g/mol. The number of hydrogen-bond donors (Lipinski definition) is 1. The van der Waals surface area contributed by atoms with Crippen molar-refractivity contribution < 1.29 is 9.90 Å². The predicted octanol–water partition coefficient (Wildman–Crippen LogP) is 2.41. The molecule has 2 aliphatic rings. The third-order valence-electron chi connectivity index (χ3n) is 4.72. The molecule has 1 radical (unpaired) electrons. The Hall–Kier alpha value is -1.83. The van der Waals surface area contributed by atoms with Gasteiger partial charge in [0.15, 0.2) is 0 Å². The normalized spacial score (nSPS) is 20.9. The molecule has 1 N–H and O–H groups in total. The summed E-state index contributed by atoms with van der Waals surface area (Å²) in [6.07, 6.45) is 0.226. The van der Waals surface area contributed by atoms with Gasteiger partial charge >= 0.3 is 149 Å². The number of fused-ring (bicyclic) bond motifs is 2. The summed E-state index contributed by atoms with van der Waals surface area (Å²) in [6.45, 7) is 2.56. The van der Waals surface area contributed by atoms with E-state index in [0.717, 1.165) is 13.1 Å². The van der Waals surface area contributed by atoms with E-state index in [1.165, 1.54) is 26.6 Å². The molecule has 2 aliphatic heterocycles. The predicted molar refractivity (Wildman–Crippen MR) is 96.7 cm³/mol. The summed E-state index contributed by atoms with van der Waals surface area (Å²) in [6, 6.07) is 19.4. The molecule has 3 nitrogen and oxygen atoms in total. The fourth-order valence-electron chi connectivity index (χ4n) is 3.64. The molecule has 2 heterocycles. The van der Waals surface area contributed by atoms with Crippen LogP contribution < -0.4 is 4.35 Å². The van der Waals surface area contributed by atoms with Gasteiger partial charge in [-0.25, -0.2) is 0 Å². The zero-order chi connectivity index (χ0) is 16.5. The van der Waals surface area contributed by atoms with Crippen molar-refractivity contribution in [2.45, 2.75) is 11.1 Å². The molecule has 24 heavy (non-hydrogen) atoms. The quantitative estimate of drug-likeness (QED) is 0.829. The number of hydrogen-bond acceptors (Lipinski definition) is 2. The monoisotopic (exact) mass is 380 g/mol. The molecule has 2 aromatic rings. The molecular weight excluding hydrogens is 361 g/mol. The van der Waals surface area contributed by atoms with Gasteiger partial charge < -0.3 is 0 Å². The van der Waals surface area contributed by atoms with Crippen molar-refractivity contribution in [1.29, 1.82) is 0 Å². The van der Waals surface area contributed by atoms with E-state index in [-0.39, 0.29) is 22.2 Å². The van der Waals surface area contributed by atoms with Crippen molar-refractivity contribution in [3.8, 4) is 0 Å². The van der Waals surface area contributed by atoms with Crippen LogP contribution in [0.15, 0.2) is 60.2 Å². The van der Waals surface area contributed by atoms with Crippen molar-refractivity contribution in [1.82, 2.24) is 4.90 Å². The van der Waals surface area contributed by atoms with E-state index in [0.29, 0.717) is 11.3 Å². The third-order valence-corrected chi connectivity index (χ3v) is 7.77. The molecule has 1 fully saturated rings. The Kier molecular flexibility index (Phi) is 4.30. The second kappa shape index (κ2) is 6.58. The zero-order valence-corrected chi connectivity index (χ0v) is 15.2. The number of aliphatic carboxylic acids is 1. The molecule has 4 heteroatoms. The van der Waals surface area contributed by atoms with Crippen molar-refractivity contribution >= 4 is 31.6 Å². The van der Waals surface area contributed by atoms with Crippen molar-refractivity contribution in [3.05, 3.63) is 71.3 Å². The van der Waals surface area contributed by atoms with Crippen LogP contribution in [-0.2, 0) is 4.79 Å². The second-order valence-electron chi connectivity index (χ2n) is 6.31. The summed E-state index contributed by atoms with van der Waals surface area (Å²) in [4.78, 5) is 13.2. The minimum absolute atomic E-state index is 0.0978. The summed E-state index contributed by atoms with van der Waals surface area (Å²) in [5, 5.41) is 8.97. The van der Waals surface area contributed by atoms with Crippen molar-refractivity contribution in [2.75, 3.05) is 19.6 Å². The summed E-state index contributed by atoms with van der Waals surface area (Å²) >= 11 is 0.0978. The van der Waals surface area contributed by atoms with Crippen molar-refractivity contribution in [2.24, 2.45) is 0 Å². The number of benzene rings is 2. The Morgan fingerprint density at radius 3 is 2.67 bits per heavy atom. The fraction of sp³-hybridized carbons (Fsp3) is 0.250. The van der Waals surface area contributed by atoms with Crippen LogP contribution in [0.25, 0.3) is 5.57 Å². The van der Waals surface area contributed by atoms with Crippen LogP contribution >= 0.6 is 0 Å². The number of carboxylic acids is 1. The van der Waals surface area contributed by atoms with Gasteiger partial charge in [-0.05, 0) is 0 Å². The van der Waals surface area contributed by atoms with E-state index >= 15 is 0 Å². The van der Waals surface area contributed by atoms with Gasteiger partial charge in [0, 0.05) is 0 Å². The first-order valence-electron chi connectivity index (χ1n) is 8.25. The molecule has 0 bridgehead atoms. The summed E-state index contributed by atoms with van der Waals surface area (Å²) in [5.41, 5.74) is 5.57. The van der Waals surface area contributed by atoms with Crippen LogP contribution in [0.1, 0.15) is 17.5 Å². The van der Waals surface area contributed by atoms with Gasteiger partial charge in [-0.15, -0.1) is 0 Å². The Morgan fingerprint density at radius 1 is 1.12 bits per heavy atom. The summed E-state index contributed by atoms with van der Waals surface area (Å²) < 4.78 is 2.10. The molecule has 0 saturated carbocycles. The molecule has 1 atom stereocenters. The Balaban J connectivity index is 1.75. The van der Waals surface area contributed by atoms with Crippen LogP contribution in [0, 0.1) is 0 Å². The van der Waals surface area contributed by atoms with E-state index in [2.05, 4.69) is 59.5 Å². The van der Waals surface area contributed by atoms with Gasteiger partial charge in [-0.2, -0.15) is 0 Å². The number of carbonyl (C=O) groups is 1. The summed E-state index contributed by atoms with van der Waals surface area (Å²) in [5.74, 6) is -0.710. The molecular formula is C20H19AsNO2.